The zero-order valence-corrected chi connectivity index (χ0v) is 9.26. The maximum atomic E-state index is 4.14. The molecule has 2 fully saturated rings. The van der Waals surface area contributed by atoms with Crippen LogP contribution in [0.4, 0.5) is 0 Å². The van der Waals surface area contributed by atoms with Crippen molar-refractivity contribution >= 4 is 0 Å². The van der Waals surface area contributed by atoms with E-state index >= 15 is 0 Å². The molecule has 0 spiro atoms. The first-order chi connectivity index (χ1) is 6.81. The SMILES string of the molecule is C=C(CC)N1CCC2CCNCC2C1. The van der Waals surface area contributed by atoms with Crippen LogP contribution in [0.3, 0.4) is 0 Å². The van der Waals surface area contributed by atoms with E-state index in [0.29, 0.717) is 0 Å². The van der Waals surface area contributed by atoms with Crippen molar-refractivity contribution in [3.8, 4) is 0 Å². The summed E-state index contributed by atoms with van der Waals surface area (Å²) in [5.74, 6) is 1.86. The third-order valence-corrected chi connectivity index (χ3v) is 3.85. The molecule has 2 atom stereocenters. The van der Waals surface area contributed by atoms with Gasteiger partial charge in [-0.1, -0.05) is 13.5 Å². The highest BCUT2D eigenvalue weighted by Gasteiger charge is 2.30. The van der Waals surface area contributed by atoms with Gasteiger partial charge in [0.05, 0.1) is 0 Å². The summed E-state index contributed by atoms with van der Waals surface area (Å²) in [7, 11) is 0. The third kappa shape index (κ3) is 1.95. The van der Waals surface area contributed by atoms with E-state index in [-0.39, 0.29) is 0 Å². The van der Waals surface area contributed by atoms with Crippen molar-refractivity contribution < 1.29 is 0 Å². The lowest BCUT2D eigenvalue weighted by Gasteiger charge is -2.43. The maximum absolute atomic E-state index is 4.14. The number of nitrogens with zero attached hydrogens (tertiary/aromatic N) is 1. The molecule has 2 nitrogen and oxygen atoms in total. The smallest absolute Gasteiger partial charge is 0.0217 e. The molecule has 2 rings (SSSR count). The van der Waals surface area contributed by atoms with E-state index in [1.54, 1.807) is 0 Å². The van der Waals surface area contributed by atoms with Crippen molar-refractivity contribution in [1.82, 2.24) is 10.2 Å². The highest BCUT2D eigenvalue weighted by atomic mass is 15.1. The molecule has 2 aliphatic heterocycles. The highest BCUT2D eigenvalue weighted by Crippen LogP contribution is 2.29. The molecule has 1 N–H and O–H groups in total. The van der Waals surface area contributed by atoms with E-state index in [1.807, 2.05) is 0 Å². The zero-order chi connectivity index (χ0) is 9.97. The number of likely N-dealkylation sites (tertiary alicyclic amines) is 1. The number of fused-ring (bicyclic) bond motifs is 1. The van der Waals surface area contributed by atoms with Crippen molar-refractivity contribution in [1.29, 1.82) is 0 Å². The van der Waals surface area contributed by atoms with Gasteiger partial charge in [-0.05, 0) is 44.2 Å². The Hall–Kier alpha value is -0.500. The molecule has 0 aromatic rings. The van der Waals surface area contributed by atoms with Gasteiger partial charge in [-0.25, -0.2) is 0 Å². The van der Waals surface area contributed by atoms with Crippen LogP contribution in [0, 0.1) is 11.8 Å². The van der Waals surface area contributed by atoms with Gasteiger partial charge in [0.25, 0.3) is 0 Å². The van der Waals surface area contributed by atoms with E-state index in [4.69, 9.17) is 0 Å². The first-order valence-electron chi connectivity index (χ1n) is 5.94. The summed E-state index contributed by atoms with van der Waals surface area (Å²) in [5.41, 5.74) is 1.33. The lowest BCUT2D eigenvalue weighted by atomic mass is 9.81. The van der Waals surface area contributed by atoms with Crippen LogP contribution in [0.2, 0.25) is 0 Å². The zero-order valence-electron chi connectivity index (χ0n) is 9.26. The molecule has 2 heterocycles. The molecular formula is C12H22N2. The number of piperidine rings is 2. The summed E-state index contributed by atoms with van der Waals surface area (Å²) in [6, 6.07) is 0. The van der Waals surface area contributed by atoms with Gasteiger partial charge in [-0.2, -0.15) is 0 Å². The normalized spacial score (nSPS) is 32.5. The average Bonchev–Trinajstić information content (AvgIpc) is 2.27. The molecule has 0 amide bonds. The number of hydrogen-bond acceptors (Lipinski definition) is 2. The summed E-state index contributed by atoms with van der Waals surface area (Å²) in [5, 5.41) is 3.51. The lowest BCUT2D eigenvalue weighted by molar-refractivity contribution is 0.118. The summed E-state index contributed by atoms with van der Waals surface area (Å²) >= 11 is 0. The standard InChI is InChI=1S/C12H22N2/c1-3-10(2)14-7-5-11-4-6-13-8-12(11)9-14/h11-13H,2-9H2,1H3. The molecule has 2 heteroatoms. The van der Waals surface area contributed by atoms with Gasteiger partial charge in [0, 0.05) is 18.8 Å². The molecule has 0 aromatic carbocycles. The third-order valence-electron chi connectivity index (χ3n) is 3.85. The summed E-state index contributed by atoms with van der Waals surface area (Å²) in [6.07, 6.45) is 3.87. The summed E-state index contributed by atoms with van der Waals surface area (Å²) in [6.45, 7) is 11.3. The van der Waals surface area contributed by atoms with Crippen molar-refractivity contribution in [3.05, 3.63) is 12.3 Å². The number of rotatable bonds is 2. The fraction of sp³-hybridized carbons (Fsp3) is 0.833. The minimum absolute atomic E-state index is 0.876. The minimum Gasteiger partial charge on any atom is -0.375 e. The van der Waals surface area contributed by atoms with Crippen molar-refractivity contribution in [2.24, 2.45) is 11.8 Å². The quantitative estimate of drug-likeness (QED) is 0.721. The lowest BCUT2D eigenvalue weighted by Crippen LogP contribution is -2.47. The van der Waals surface area contributed by atoms with Crippen molar-refractivity contribution in [2.45, 2.75) is 26.2 Å². The molecule has 80 valence electrons. The van der Waals surface area contributed by atoms with Gasteiger partial charge in [-0.3, -0.25) is 0 Å². The van der Waals surface area contributed by atoms with E-state index in [2.05, 4.69) is 23.7 Å². The second-order valence-corrected chi connectivity index (χ2v) is 4.67. The molecule has 2 aliphatic rings. The number of nitrogens with one attached hydrogen (secondary N) is 1. The maximum Gasteiger partial charge on any atom is 0.0217 e. The van der Waals surface area contributed by atoms with E-state index in [0.717, 1.165) is 18.3 Å². The second kappa shape index (κ2) is 4.35. The van der Waals surface area contributed by atoms with Crippen LogP contribution in [0.15, 0.2) is 12.3 Å². The van der Waals surface area contributed by atoms with Crippen LogP contribution in [0.5, 0.6) is 0 Å². The highest BCUT2D eigenvalue weighted by molar-refractivity contribution is 4.97. The van der Waals surface area contributed by atoms with E-state index < -0.39 is 0 Å². The Labute approximate surface area is 87.4 Å². The Morgan fingerprint density at radius 3 is 3.07 bits per heavy atom. The predicted molar refractivity (Wildman–Crippen MR) is 60.1 cm³/mol. The Bertz CT molecular complexity index is 212. The van der Waals surface area contributed by atoms with Gasteiger partial charge < -0.3 is 10.2 Å². The van der Waals surface area contributed by atoms with E-state index in [9.17, 15) is 0 Å². The Morgan fingerprint density at radius 2 is 2.29 bits per heavy atom. The molecule has 0 aromatic heterocycles. The predicted octanol–water partition coefficient (Wildman–Crippen LogP) is 1.84. The number of hydrogen-bond donors (Lipinski definition) is 1. The van der Waals surface area contributed by atoms with Crippen LogP contribution in [0.1, 0.15) is 26.2 Å². The van der Waals surface area contributed by atoms with E-state index in [1.165, 1.54) is 44.7 Å². The average molecular weight is 194 g/mol. The van der Waals surface area contributed by atoms with Crippen LogP contribution in [-0.2, 0) is 0 Å². The molecule has 14 heavy (non-hydrogen) atoms. The minimum atomic E-state index is 0.876. The largest absolute Gasteiger partial charge is 0.375 e. The molecular weight excluding hydrogens is 172 g/mol. The van der Waals surface area contributed by atoms with Crippen LogP contribution < -0.4 is 5.32 Å². The van der Waals surface area contributed by atoms with Crippen LogP contribution in [0.25, 0.3) is 0 Å². The van der Waals surface area contributed by atoms with Crippen molar-refractivity contribution in [2.75, 3.05) is 26.2 Å². The Balaban J connectivity index is 1.92. The monoisotopic (exact) mass is 194 g/mol. The van der Waals surface area contributed by atoms with Gasteiger partial charge in [0.2, 0.25) is 0 Å². The van der Waals surface area contributed by atoms with Crippen LogP contribution in [-0.4, -0.2) is 31.1 Å². The fourth-order valence-corrected chi connectivity index (χ4v) is 2.78. The molecule has 2 unspecified atom stereocenters. The molecule has 2 saturated heterocycles. The van der Waals surface area contributed by atoms with Crippen molar-refractivity contribution in [3.63, 3.8) is 0 Å². The first kappa shape index (κ1) is 10.0. The fourth-order valence-electron chi connectivity index (χ4n) is 2.78. The molecule has 0 saturated carbocycles. The van der Waals surface area contributed by atoms with Gasteiger partial charge in [0.15, 0.2) is 0 Å². The Kier molecular flexibility index (Phi) is 3.12. The Morgan fingerprint density at radius 1 is 1.43 bits per heavy atom. The molecule has 0 radical (unpaired) electrons. The first-order valence-corrected chi connectivity index (χ1v) is 5.94. The topological polar surface area (TPSA) is 15.3 Å². The molecule has 0 aliphatic carbocycles. The number of allylic oxidation sites excluding steroid dienone is 1. The van der Waals surface area contributed by atoms with Gasteiger partial charge >= 0.3 is 0 Å². The molecule has 0 bridgehead atoms. The summed E-state index contributed by atoms with van der Waals surface area (Å²) in [4.78, 5) is 2.49. The van der Waals surface area contributed by atoms with Gasteiger partial charge in [-0.15, -0.1) is 0 Å². The summed E-state index contributed by atoms with van der Waals surface area (Å²) < 4.78 is 0. The second-order valence-electron chi connectivity index (χ2n) is 4.67. The van der Waals surface area contributed by atoms with Gasteiger partial charge in [0.1, 0.15) is 0 Å². The van der Waals surface area contributed by atoms with Crippen LogP contribution >= 0.6 is 0 Å².